The Morgan fingerprint density at radius 2 is 2.18 bits per heavy atom. The number of carbonyl (C=O) groups is 1. The SMILES string of the molecule is CC(C)(CO)c1nc2ccc(C(=O)O)cc2o1. The van der Waals surface area contributed by atoms with Gasteiger partial charge in [0.15, 0.2) is 5.58 Å². The third-order valence-electron chi connectivity index (χ3n) is 2.61. The number of hydrogen-bond acceptors (Lipinski definition) is 4. The van der Waals surface area contributed by atoms with Gasteiger partial charge in [-0.15, -0.1) is 0 Å². The zero-order chi connectivity index (χ0) is 12.6. The molecule has 0 bridgehead atoms. The molecule has 0 atom stereocenters. The number of aliphatic hydroxyl groups excluding tert-OH is 1. The molecule has 0 aliphatic heterocycles. The first-order chi connectivity index (χ1) is 7.94. The summed E-state index contributed by atoms with van der Waals surface area (Å²) in [6.07, 6.45) is 0. The summed E-state index contributed by atoms with van der Waals surface area (Å²) in [7, 11) is 0. The van der Waals surface area contributed by atoms with Gasteiger partial charge in [-0.1, -0.05) is 0 Å². The Morgan fingerprint density at radius 1 is 1.47 bits per heavy atom. The van der Waals surface area contributed by atoms with Crippen LogP contribution in [0.3, 0.4) is 0 Å². The lowest BCUT2D eigenvalue weighted by Gasteiger charge is -2.15. The maximum absolute atomic E-state index is 10.8. The molecule has 5 nitrogen and oxygen atoms in total. The molecule has 1 aromatic carbocycles. The van der Waals surface area contributed by atoms with Gasteiger partial charge in [0.2, 0.25) is 5.89 Å². The molecule has 1 aromatic heterocycles. The van der Waals surface area contributed by atoms with E-state index in [0.717, 1.165) is 0 Å². The minimum atomic E-state index is -1.01. The monoisotopic (exact) mass is 235 g/mol. The second kappa shape index (κ2) is 3.85. The van der Waals surface area contributed by atoms with Crippen LogP contribution < -0.4 is 0 Å². The van der Waals surface area contributed by atoms with E-state index in [1.807, 2.05) is 0 Å². The molecule has 0 saturated heterocycles. The van der Waals surface area contributed by atoms with Gasteiger partial charge in [0.25, 0.3) is 0 Å². The molecule has 1 heterocycles. The molecule has 17 heavy (non-hydrogen) atoms. The fourth-order valence-electron chi connectivity index (χ4n) is 1.41. The Hall–Kier alpha value is -1.88. The van der Waals surface area contributed by atoms with Crippen LogP contribution in [0.4, 0.5) is 0 Å². The summed E-state index contributed by atoms with van der Waals surface area (Å²) in [5.41, 5.74) is 0.581. The fourth-order valence-corrected chi connectivity index (χ4v) is 1.41. The van der Waals surface area contributed by atoms with Crippen LogP contribution in [0, 0.1) is 0 Å². The molecular weight excluding hydrogens is 222 g/mol. The molecule has 0 spiro atoms. The minimum Gasteiger partial charge on any atom is -0.478 e. The van der Waals surface area contributed by atoms with Crippen molar-refractivity contribution in [3.8, 4) is 0 Å². The second-order valence-electron chi connectivity index (χ2n) is 4.55. The molecule has 0 saturated carbocycles. The van der Waals surface area contributed by atoms with Gasteiger partial charge < -0.3 is 14.6 Å². The van der Waals surface area contributed by atoms with Crippen LogP contribution in [-0.4, -0.2) is 27.8 Å². The normalized spacial score (nSPS) is 11.9. The van der Waals surface area contributed by atoms with Gasteiger partial charge in [0, 0.05) is 0 Å². The number of carboxylic acid groups (broad SMARTS) is 1. The van der Waals surface area contributed by atoms with Crippen molar-refractivity contribution < 1.29 is 19.4 Å². The highest BCUT2D eigenvalue weighted by molar-refractivity contribution is 5.91. The van der Waals surface area contributed by atoms with E-state index in [1.165, 1.54) is 12.1 Å². The van der Waals surface area contributed by atoms with E-state index < -0.39 is 11.4 Å². The molecule has 0 unspecified atom stereocenters. The number of oxazole rings is 1. The van der Waals surface area contributed by atoms with Gasteiger partial charge in [-0.25, -0.2) is 9.78 Å². The van der Waals surface area contributed by atoms with Crippen molar-refractivity contribution in [2.45, 2.75) is 19.3 Å². The van der Waals surface area contributed by atoms with Crippen LogP contribution in [-0.2, 0) is 5.41 Å². The quantitative estimate of drug-likeness (QED) is 0.847. The summed E-state index contributed by atoms with van der Waals surface area (Å²) >= 11 is 0. The Morgan fingerprint density at radius 3 is 2.76 bits per heavy atom. The molecule has 5 heteroatoms. The number of fused-ring (bicyclic) bond motifs is 1. The topological polar surface area (TPSA) is 83.6 Å². The maximum atomic E-state index is 10.8. The van der Waals surface area contributed by atoms with Gasteiger partial charge in [-0.05, 0) is 32.0 Å². The number of aromatic carboxylic acids is 1. The molecule has 0 aliphatic carbocycles. The zero-order valence-corrected chi connectivity index (χ0v) is 9.60. The standard InChI is InChI=1S/C12H13NO4/c1-12(2,6-14)11-13-8-4-3-7(10(15)16)5-9(8)17-11/h3-5,14H,6H2,1-2H3,(H,15,16). The van der Waals surface area contributed by atoms with E-state index in [-0.39, 0.29) is 12.2 Å². The molecule has 0 aliphatic rings. The highest BCUT2D eigenvalue weighted by Gasteiger charge is 2.26. The van der Waals surface area contributed by atoms with Crippen molar-refractivity contribution in [3.63, 3.8) is 0 Å². The smallest absolute Gasteiger partial charge is 0.335 e. The fraction of sp³-hybridized carbons (Fsp3) is 0.333. The van der Waals surface area contributed by atoms with E-state index >= 15 is 0 Å². The number of aromatic nitrogens is 1. The number of carboxylic acids is 1. The van der Waals surface area contributed by atoms with Crippen LogP contribution in [0.2, 0.25) is 0 Å². The van der Waals surface area contributed by atoms with Gasteiger partial charge in [-0.3, -0.25) is 0 Å². The van der Waals surface area contributed by atoms with E-state index in [9.17, 15) is 9.90 Å². The Balaban J connectivity index is 2.54. The van der Waals surface area contributed by atoms with E-state index in [4.69, 9.17) is 9.52 Å². The predicted octanol–water partition coefficient (Wildman–Crippen LogP) is 1.80. The van der Waals surface area contributed by atoms with E-state index in [2.05, 4.69) is 4.98 Å². The van der Waals surface area contributed by atoms with Crippen LogP contribution >= 0.6 is 0 Å². The Kier molecular flexibility index (Phi) is 2.63. The van der Waals surface area contributed by atoms with Crippen molar-refractivity contribution in [2.24, 2.45) is 0 Å². The van der Waals surface area contributed by atoms with Gasteiger partial charge >= 0.3 is 5.97 Å². The van der Waals surface area contributed by atoms with Gasteiger partial charge in [0.05, 0.1) is 17.6 Å². The first kappa shape index (κ1) is 11.6. The number of benzene rings is 1. The van der Waals surface area contributed by atoms with Crippen LogP contribution in [0.1, 0.15) is 30.1 Å². The summed E-state index contributed by atoms with van der Waals surface area (Å²) in [5.74, 6) is -0.608. The highest BCUT2D eigenvalue weighted by atomic mass is 16.4. The number of hydrogen-bond donors (Lipinski definition) is 2. The lowest BCUT2D eigenvalue weighted by Crippen LogP contribution is -2.22. The average Bonchev–Trinajstić information content (AvgIpc) is 2.72. The second-order valence-corrected chi connectivity index (χ2v) is 4.55. The first-order valence-electron chi connectivity index (χ1n) is 5.19. The Labute approximate surface area is 97.7 Å². The number of nitrogens with zero attached hydrogens (tertiary/aromatic N) is 1. The molecule has 0 amide bonds. The molecule has 2 aromatic rings. The first-order valence-corrected chi connectivity index (χ1v) is 5.19. The van der Waals surface area contributed by atoms with Crippen molar-refractivity contribution in [3.05, 3.63) is 29.7 Å². The minimum absolute atomic E-state index is 0.0917. The number of rotatable bonds is 3. The van der Waals surface area contributed by atoms with Gasteiger partial charge in [-0.2, -0.15) is 0 Å². The van der Waals surface area contributed by atoms with Crippen molar-refractivity contribution in [1.29, 1.82) is 0 Å². The third kappa shape index (κ3) is 2.01. The lowest BCUT2D eigenvalue weighted by molar-refractivity contribution is 0.0697. The molecule has 2 N–H and O–H groups in total. The summed E-state index contributed by atoms with van der Waals surface area (Å²) in [6.45, 7) is 3.51. The van der Waals surface area contributed by atoms with Crippen molar-refractivity contribution in [2.75, 3.05) is 6.61 Å². The molecule has 0 fully saturated rings. The maximum Gasteiger partial charge on any atom is 0.335 e. The van der Waals surface area contributed by atoms with Crippen LogP contribution in [0.15, 0.2) is 22.6 Å². The largest absolute Gasteiger partial charge is 0.478 e. The van der Waals surface area contributed by atoms with Crippen LogP contribution in [0.25, 0.3) is 11.1 Å². The van der Waals surface area contributed by atoms with E-state index in [0.29, 0.717) is 17.0 Å². The highest BCUT2D eigenvalue weighted by Crippen LogP contribution is 2.26. The molecule has 2 rings (SSSR count). The average molecular weight is 235 g/mol. The van der Waals surface area contributed by atoms with Gasteiger partial charge in [0.1, 0.15) is 5.52 Å². The predicted molar refractivity (Wildman–Crippen MR) is 61.1 cm³/mol. The summed E-state index contributed by atoms with van der Waals surface area (Å²) in [5, 5.41) is 18.1. The summed E-state index contributed by atoms with van der Waals surface area (Å²) in [6, 6.07) is 4.50. The summed E-state index contributed by atoms with van der Waals surface area (Å²) < 4.78 is 5.48. The molecular formula is C12H13NO4. The molecule has 90 valence electrons. The Bertz CT molecular complexity index is 571. The van der Waals surface area contributed by atoms with Crippen molar-refractivity contribution in [1.82, 2.24) is 4.98 Å². The third-order valence-corrected chi connectivity index (χ3v) is 2.61. The van der Waals surface area contributed by atoms with E-state index in [1.54, 1.807) is 19.9 Å². The van der Waals surface area contributed by atoms with Crippen molar-refractivity contribution >= 4 is 17.1 Å². The summed E-state index contributed by atoms with van der Waals surface area (Å²) in [4.78, 5) is 15.0. The van der Waals surface area contributed by atoms with Crippen LogP contribution in [0.5, 0.6) is 0 Å². The zero-order valence-electron chi connectivity index (χ0n) is 9.60. The molecule has 0 radical (unpaired) electrons. The lowest BCUT2D eigenvalue weighted by atomic mass is 9.95. The number of aliphatic hydroxyl groups is 1.